The Morgan fingerprint density at radius 3 is 3.00 bits per heavy atom. The zero-order valence-corrected chi connectivity index (χ0v) is 11.2. The highest BCUT2D eigenvalue weighted by Gasteiger charge is 2.12. The third kappa shape index (κ3) is 3.77. The second-order valence-corrected chi connectivity index (χ2v) is 4.90. The first-order chi connectivity index (χ1) is 9.16. The molecule has 0 saturated heterocycles. The summed E-state index contributed by atoms with van der Waals surface area (Å²) in [5.41, 5.74) is 2.19. The molecule has 0 amide bonds. The molecule has 0 radical (unpaired) electrons. The first-order valence-electron chi connectivity index (χ1n) is 6.69. The summed E-state index contributed by atoms with van der Waals surface area (Å²) < 4.78 is 0. The van der Waals surface area contributed by atoms with Crippen molar-refractivity contribution in [2.45, 2.75) is 39.0 Å². The van der Waals surface area contributed by atoms with Crippen LogP contribution in [0.5, 0.6) is 0 Å². The van der Waals surface area contributed by atoms with Gasteiger partial charge >= 0.3 is 0 Å². The number of nitrogens with zero attached hydrogens (tertiary/aromatic N) is 2. The fourth-order valence-corrected chi connectivity index (χ4v) is 2.29. The number of nitrogens with one attached hydrogen (secondary N) is 1. The number of allylic oxidation sites excluding steroid dienone is 1. The lowest BCUT2D eigenvalue weighted by atomic mass is 9.97. The van der Waals surface area contributed by atoms with Crippen molar-refractivity contribution in [2.24, 2.45) is 0 Å². The quantitative estimate of drug-likeness (QED) is 0.499. The number of aromatic nitrogens is 1. The van der Waals surface area contributed by atoms with Crippen LogP contribution in [0.2, 0.25) is 0 Å². The summed E-state index contributed by atoms with van der Waals surface area (Å²) in [4.78, 5) is 14.6. The van der Waals surface area contributed by atoms with Gasteiger partial charge in [0.15, 0.2) is 0 Å². The van der Waals surface area contributed by atoms with Crippen LogP contribution in [0.3, 0.4) is 0 Å². The number of rotatable bonds is 5. The lowest BCUT2D eigenvalue weighted by Gasteiger charge is -2.13. The molecule has 0 aliphatic heterocycles. The van der Waals surface area contributed by atoms with Gasteiger partial charge in [0.1, 0.15) is 5.82 Å². The third-order valence-corrected chi connectivity index (χ3v) is 3.41. The number of nitro groups is 1. The van der Waals surface area contributed by atoms with E-state index < -0.39 is 0 Å². The average Bonchev–Trinajstić information content (AvgIpc) is 2.41. The van der Waals surface area contributed by atoms with Crippen LogP contribution in [0.1, 0.15) is 37.7 Å². The summed E-state index contributed by atoms with van der Waals surface area (Å²) in [5, 5.41) is 14.0. The minimum absolute atomic E-state index is 0.120. The number of anilines is 1. The van der Waals surface area contributed by atoms with Crippen LogP contribution in [0.4, 0.5) is 11.5 Å². The average molecular weight is 261 g/mol. The number of pyridine rings is 1. The first-order valence-corrected chi connectivity index (χ1v) is 6.69. The van der Waals surface area contributed by atoms with Gasteiger partial charge in [-0.2, -0.15) is 0 Å². The molecular weight excluding hydrogens is 242 g/mol. The minimum Gasteiger partial charge on any atom is -0.370 e. The van der Waals surface area contributed by atoms with Crippen molar-refractivity contribution < 1.29 is 4.92 Å². The summed E-state index contributed by atoms with van der Waals surface area (Å²) in [6.45, 7) is 2.47. The lowest BCUT2D eigenvalue weighted by molar-refractivity contribution is -0.385. The molecule has 1 aliphatic carbocycles. The molecule has 0 fully saturated rings. The second kappa shape index (κ2) is 6.31. The molecule has 1 aromatic heterocycles. The molecule has 1 aromatic rings. The number of aryl methyl sites for hydroxylation is 1. The van der Waals surface area contributed by atoms with Crippen LogP contribution in [-0.4, -0.2) is 16.5 Å². The van der Waals surface area contributed by atoms with E-state index in [0.717, 1.165) is 13.0 Å². The predicted octanol–water partition coefficient (Wildman–Crippen LogP) is 3.60. The zero-order chi connectivity index (χ0) is 13.7. The maximum Gasteiger partial charge on any atom is 0.277 e. The fraction of sp³-hybridized carbons (Fsp3) is 0.500. The smallest absolute Gasteiger partial charge is 0.277 e. The second-order valence-electron chi connectivity index (χ2n) is 4.90. The van der Waals surface area contributed by atoms with E-state index in [-0.39, 0.29) is 10.6 Å². The van der Waals surface area contributed by atoms with E-state index in [2.05, 4.69) is 16.4 Å². The Balaban J connectivity index is 1.90. The third-order valence-electron chi connectivity index (χ3n) is 3.41. The number of hydrogen-bond acceptors (Lipinski definition) is 4. The van der Waals surface area contributed by atoms with Crippen LogP contribution >= 0.6 is 0 Å². The van der Waals surface area contributed by atoms with Gasteiger partial charge in [-0.1, -0.05) is 11.6 Å². The molecule has 0 unspecified atom stereocenters. The molecule has 0 aromatic carbocycles. The fourth-order valence-electron chi connectivity index (χ4n) is 2.29. The van der Waals surface area contributed by atoms with Crippen molar-refractivity contribution in [3.05, 3.63) is 39.6 Å². The van der Waals surface area contributed by atoms with Crippen LogP contribution in [0.25, 0.3) is 0 Å². The largest absolute Gasteiger partial charge is 0.370 e. The van der Waals surface area contributed by atoms with Gasteiger partial charge in [-0.3, -0.25) is 10.1 Å². The molecule has 0 spiro atoms. The van der Waals surface area contributed by atoms with Crippen molar-refractivity contribution in [1.82, 2.24) is 4.98 Å². The van der Waals surface area contributed by atoms with E-state index >= 15 is 0 Å². The summed E-state index contributed by atoms with van der Waals surface area (Å²) >= 11 is 0. The van der Waals surface area contributed by atoms with Gasteiger partial charge in [0.05, 0.1) is 11.0 Å². The molecule has 1 aliphatic rings. The summed E-state index contributed by atoms with van der Waals surface area (Å²) in [7, 11) is 0. The van der Waals surface area contributed by atoms with E-state index in [4.69, 9.17) is 0 Å². The molecule has 19 heavy (non-hydrogen) atoms. The predicted molar refractivity (Wildman–Crippen MR) is 75.3 cm³/mol. The normalized spacial score (nSPS) is 14.9. The molecule has 1 heterocycles. The highest BCUT2D eigenvalue weighted by molar-refractivity contribution is 5.48. The molecule has 0 atom stereocenters. The van der Waals surface area contributed by atoms with Gasteiger partial charge < -0.3 is 5.32 Å². The standard InChI is InChI=1S/C14H19N3O2/c1-11-10-16-14(9-13(11)17(18)19)15-8-7-12-5-3-2-4-6-12/h5,9-10H,2-4,6-8H2,1H3,(H,15,16). The Morgan fingerprint density at radius 2 is 2.32 bits per heavy atom. The van der Waals surface area contributed by atoms with Gasteiger partial charge in [-0.05, 0) is 39.0 Å². The van der Waals surface area contributed by atoms with Crippen LogP contribution < -0.4 is 5.32 Å². The highest BCUT2D eigenvalue weighted by atomic mass is 16.6. The van der Waals surface area contributed by atoms with Crippen LogP contribution in [-0.2, 0) is 0 Å². The Bertz CT molecular complexity index is 497. The molecule has 0 bridgehead atoms. The maximum atomic E-state index is 10.8. The molecule has 102 valence electrons. The van der Waals surface area contributed by atoms with Crippen molar-refractivity contribution >= 4 is 11.5 Å². The molecule has 5 heteroatoms. The summed E-state index contributed by atoms with van der Waals surface area (Å²) in [5.74, 6) is 0.578. The van der Waals surface area contributed by atoms with E-state index in [1.54, 1.807) is 13.1 Å². The van der Waals surface area contributed by atoms with E-state index in [1.165, 1.54) is 37.3 Å². The molecule has 0 saturated carbocycles. The zero-order valence-electron chi connectivity index (χ0n) is 11.2. The van der Waals surface area contributed by atoms with Crippen LogP contribution in [0.15, 0.2) is 23.9 Å². The van der Waals surface area contributed by atoms with Crippen molar-refractivity contribution in [3.8, 4) is 0 Å². The summed E-state index contributed by atoms with van der Waals surface area (Å²) in [6, 6.07) is 1.50. The molecule has 2 rings (SSSR count). The molecule has 5 nitrogen and oxygen atoms in total. The van der Waals surface area contributed by atoms with E-state index in [9.17, 15) is 10.1 Å². The Hall–Kier alpha value is -1.91. The minimum atomic E-state index is -0.369. The van der Waals surface area contributed by atoms with Gasteiger partial charge in [0.25, 0.3) is 5.69 Å². The summed E-state index contributed by atoms with van der Waals surface area (Å²) in [6.07, 6.45) is 9.79. The van der Waals surface area contributed by atoms with Crippen molar-refractivity contribution in [2.75, 3.05) is 11.9 Å². The monoisotopic (exact) mass is 261 g/mol. The van der Waals surface area contributed by atoms with Crippen LogP contribution in [0, 0.1) is 17.0 Å². The Morgan fingerprint density at radius 1 is 1.47 bits per heavy atom. The lowest BCUT2D eigenvalue weighted by Crippen LogP contribution is -2.06. The van der Waals surface area contributed by atoms with Crippen molar-refractivity contribution in [1.29, 1.82) is 0 Å². The number of hydrogen-bond donors (Lipinski definition) is 1. The SMILES string of the molecule is Cc1cnc(NCCC2=CCCCC2)cc1[N+](=O)[O-]. The molecular formula is C14H19N3O2. The molecule has 1 N–H and O–H groups in total. The van der Waals surface area contributed by atoms with Gasteiger partial charge in [0.2, 0.25) is 0 Å². The Labute approximate surface area is 112 Å². The van der Waals surface area contributed by atoms with Gasteiger partial charge in [-0.25, -0.2) is 4.98 Å². The van der Waals surface area contributed by atoms with Gasteiger partial charge in [-0.15, -0.1) is 0 Å². The maximum absolute atomic E-state index is 10.8. The Kier molecular flexibility index (Phi) is 4.49. The first kappa shape index (κ1) is 13.5. The van der Waals surface area contributed by atoms with E-state index in [0.29, 0.717) is 11.4 Å². The highest BCUT2D eigenvalue weighted by Crippen LogP contribution is 2.22. The topological polar surface area (TPSA) is 68.1 Å². The van der Waals surface area contributed by atoms with Gasteiger partial charge in [0, 0.05) is 18.3 Å². The van der Waals surface area contributed by atoms with E-state index in [1.807, 2.05) is 0 Å². The van der Waals surface area contributed by atoms with Crippen molar-refractivity contribution in [3.63, 3.8) is 0 Å².